The van der Waals surface area contributed by atoms with E-state index >= 15 is 0 Å². The van der Waals surface area contributed by atoms with Gasteiger partial charge in [0.25, 0.3) is 5.91 Å². The molecule has 0 spiro atoms. The molecule has 2 N–H and O–H groups in total. The number of phenolic OH excluding ortho intramolecular Hbond substituents is 1. The minimum atomic E-state index is -0.217. The smallest absolute Gasteiger partial charge is 0.257 e. The maximum Gasteiger partial charge on any atom is 0.257 e. The fourth-order valence-corrected chi connectivity index (χ4v) is 1.87. The Bertz CT molecular complexity index is 395. The summed E-state index contributed by atoms with van der Waals surface area (Å²) in [5, 5.41) is 18.5. The van der Waals surface area contributed by atoms with Crippen LogP contribution in [0.5, 0.6) is 5.75 Å². The van der Waals surface area contributed by atoms with E-state index in [1.54, 1.807) is 17.0 Å². The van der Waals surface area contributed by atoms with Crippen LogP contribution in [-0.2, 0) is 0 Å². The summed E-state index contributed by atoms with van der Waals surface area (Å²) in [6, 6.07) is 4.79. The second-order valence-corrected chi connectivity index (χ2v) is 4.54. The summed E-state index contributed by atoms with van der Waals surface area (Å²) in [5.41, 5.74) is 0.285. The van der Waals surface area contributed by atoms with Crippen LogP contribution in [0.15, 0.2) is 22.7 Å². The van der Waals surface area contributed by atoms with Crippen molar-refractivity contribution in [3.05, 3.63) is 28.2 Å². The molecule has 0 aliphatic heterocycles. The Labute approximate surface area is 109 Å². The molecule has 0 fully saturated rings. The zero-order valence-corrected chi connectivity index (χ0v) is 11.3. The highest BCUT2D eigenvalue weighted by Gasteiger charge is 2.17. The highest BCUT2D eigenvalue weighted by atomic mass is 79.9. The molecule has 4 nitrogen and oxygen atoms in total. The lowest BCUT2D eigenvalue weighted by Gasteiger charge is -2.20. The van der Waals surface area contributed by atoms with Crippen molar-refractivity contribution in [1.29, 1.82) is 0 Å². The van der Waals surface area contributed by atoms with Crippen LogP contribution in [0.25, 0.3) is 0 Å². The summed E-state index contributed by atoms with van der Waals surface area (Å²) < 4.78 is 0.727. The van der Waals surface area contributed by atoms with E-state index < -0.39 is 0 Å². The van der Waals surface area contributed by atoms with Gasteiger partial charge in [-0.3, -0.25) is 4.79 Å². The zero-order valence-electron chi connectivity index (χ0n) is 9.69. The molecule has 1 rings (SSSR count). The summed E-state index contributed by atoms with van der Waals surface area (Å²) in [6.45, 7) is 2.96. The molecule has 0 radical (unpaired) electrons. The number of rotatable bonds is 5. The minimum absolute atomic E-state index is 0.0353. The number of aliphatic hydroxyl groups excluding tert-OH is 1. The van der Waals surface area contributed by atoms with Crippen LogP contribution >= 0.6 is 15.9 Å². The van der Waals surface area contributed by atoms with Gasteiger partial charge in [0.05, 0.1) is 5.56 Å². The molecule has 0 aliphatic carbocycles. The summed E-state index contributed by atoms with van der Waals surface area (Å²) in [4.78, 5) is 13.7. The number of phenols is 1. The van der Waals surface area contributed by atoms with Crippen molar-refractivity contribution in [2.45, 2.75) is 13.3 Å². The van der Waals surface area contributed by atoms with E-state index in [1.165, 1.54) is 6.07 Å². The maximum atomic E-state index is 12.1. The van der Waals surface area contributed by atoms with Crippen LogP contribution in [0.3, 0.4) is 0 Å². The van der Waals surface area contributed by atoms with Crippen LogP contribution in [0.4, 0.5) is 0 Å². The van der Waals surface area contributed by atoms with Gasteiger partial charge in [-0.25, -0.2) is 0 Å². The molecule has 0 aliphatic rings. The minimum Gasteiger partial charge on any atom is -0.507 e. The Morgan fingerprint density at radius 2 is 2.18 bits per heavy atom. The van der Waals surface area contributed by atoms with Gasteiger partial charge < -0.3 is 15.1 Å². The van der Waals surface area contributed by atoms with Gasteiger partial charge >= 0.3 is 0 Å². The third-order valence-electron chi connectivity index (χ3n) is 2.45. The van der Waals surface area contributed by atoms with Crippen LogP contribution in [0.1, 0.15) is 23.7 Å². The van der Waals surface area contributed by atoms with Gasteiger partial charge in [0, 0.05) is 24.2 Å². The predicted molar refractivity (Wildman–Crippen MR) is 69.1 cm³/mol. The number of hydrogen-bond acceptors (Lipinski definition) is 3. The summed E-state index contributed by atoms with van der Waals surface area (Å²) >= 11 is 3.22. The fraction of sp³-hybridized carbons (Fsp3) is 0.417. The lowest BCUT2D eigenvalue weighted by molar-refractivity contribution is 0.0751. The Morgan fingerprint density at radius 3 is 2.71 bits per heavy atom. The van der Waals surface area contributed by atoms with E-state index in [1.807, 2.05) is 6.92 Å². The Balaban J connectivity index is 2.86. The molecule has 5 heteroatoms. The summed E-state index contributed by atoms with van der Waals surface area (Å²) in [5.74, 6) is -0.252. The highest BCUT2D eigenvalue weighted by molar-refractivity contribution is 9.10. The van der Waals surface area contributed by atoms with Crippen LogP contribution in [-0.4, -0.2) is 40.7 Å². The van der Waals surface area contributed by atoms with Crippen molar-refractivity contribution in [3.63, 3.8) is 0 Å². The topological polar surface area (TPSA) is 60.8 Å². The van der Waals surface area contributed by atoms with Crippen molar-refractivity contribution in [2.24, 2.45) is 0 Å². The maximum absolute atomic E-state index is 12.1. The van der Waals surface area contributed by atoms with E-state index in [4.69, 9.17) is 5.11 Å². The first-order chi connectivity index (χ1) is 8.10. The first-order valence-electron chi connectivity index (χ1n) is 5.48. The molecule has 94 valence electrons. The first-order valence-corrected chi connectivity index (χ1v) is 6.28. The number of amides is 1. The van der Waals surface area contributed by atoms with Crippen LogP contribution in [0.2, 0.25) is 0 Å². The SMILES string of the molecule is CCN(CCCO)C(=O)c1ccc(Br)cc1O. The van der Waals surface area contributed by atoms with Gasteiger partial charge in [0.1, 0.15) is 5.75 Å². The highest BCUT2D eigenvalue weighted by Crippen LogP contribution is 2.23. The number of aliphatic hydroxyl groups is 1. The molecule has 0 atom stereocenters. The number of carbonyl (C=O) groups is 1. The van der Waals surface area contributed by atoms with E-state index in [9.17, 15) is 9.90 Å². The Kier molecular flexibility index (Phi) is 5.44. The molecule has 0 saturated carbocycles. The quantitative estimate of drug-likeness (QED) is 0.874. The number of carbonyl (C=O) groups excluding carboxylic acids is 1. The van der Waals surface area contributed by atoms with Gasteiger partial charge in [-0.2, -0.15) is 0 Å². The standard InChI is InChI=1S/C12H16BrNO3/c1-2-14(6-3-7-15)12(17)10-5-4-9(13)8-11(10)16/h4-5,8,15-16H,2-3,6-7H2,1H3. The number of aromatic hydroxyl groups is 1. The number of hydrogen-bond donors (Lipinski definition) is 2. The van der Waals surface area contributed by atoms with E-state index in [2.05, 4.69) is 15.9 Å². The lowest BCUT2D eigenvalue weighted by Crippen LogP contribution is -2.32. The first kappa shape index (κ1) is 14.0. The number of halogens is 1. The Hall–Kier alpha value is -1.07. The number of benzene rings is 1. The normalized spacial score (nSPS) is 10.3. The van der Waals surface area contributed by atoms with Crippen molar-refractivity contribution < 1.29 is 15.0 Å². The molecule has 1 amide bonds. The predicted octanol–water partition coefficient (Wildman–Crippen LogP) is 2.00. The molecule has 17 heavy (non-hydrogen) atoms. The van der Waals surface area contributed by atoms with Gasteiger partial charge in [0.2, 0.25) is 0 Å². The number of nitrogens with zero attached hydrogens (tertiary/aromatic N) is 1. The second-order valence-electron chi connectivity index (χ2n) is 3.62. The monoisotopic (exact) mass is 301 g/mol. The van der Waals surface area contributed by atoms with Crippen molar-refractivity contribution in [2.75, 3.05) is 19.7 Å². The van der Waals surface area contributed by atoms with Gasteiger partial charge in [-0.05, 0) is 31.5 Å². The van der Waals surface area contributed by atoms with E-state index in [-0.39, 0.29) is 23.8 Å². The average molecular weight is 302 g/mol. The van der Waals surface area contributed by atoms with Crippen molar-refractivity contribution >= 4 is 21.8 Å². The molecular weight excluding hydrogens is 286 g/mol. The van der Waals surface area contributed by atoms with Crippen molar-refractivity contribution in [1.82, 2.24) is 4.90 Å². The molecule has 0 aromatic heterocycles. The summed E-state index contributed by atoms with van der Waals surface area (Å²) in [6.07, 6.45) is 0.539. The van der Waals surface area contributed by atoms with Gasteiger partial charge in [0.15, 0.2) is 0 Å². The second kappa shape index (κ2) is 6.61. The van der Waals surface area contributed by atoms with E-state index in [0.717, 1.165) is 4.47 Å². The molecule has 0 saturated heterocycles. The molecule has 0 unspecified atom stereocenters. The molecule has 1 aromatic rings. The van der Waals surface area contributed by atoms with E-state index in [0.29, 0.717) is 19.5 Å². The average Bonchev–Trinajstić information content (AvgIpc) is 2.29. The van der Waals surface area contributed by atoms with Gasteiger partial charge in [-0.1, -0.05) is 15.9 Å². The third-order valence-corrected chi connectivity index (χ3v) is 2.94. The lowest BCUT2D eigenvalue weighted by atomic mass is 10.1. The zero-order chi connectivity index (χ0) is 12.8. The third kappa shape index (κ3) is 3.71. The molecular formula is C12H16BrNO3. The molecule has 0 heterocycles. The summed E-state index contributed by atoms with van der Waals surface area (Å²) in [7, 11) is 0. The Morgan fingerprint density at radius 1 is 1.47 bits per heavy atom. The molecule has 0 bridgehead atoms. The largest absolute Gasteiger partial charge is 0.507 e. The molecule has 1 aromatic carbocycles. The van der Waals surface area contributed by atoms with Crippen LogP contribution < -0.4 is 0 Å². The fourth-order valence-electron chi connectivity index (χ4n) is 1.52. The van der Waals surface area contributed by atoms with Gasteiger partial charge in [-0.15, -0.1) is 0 Å². The van der Waals surface area contributed by atoms with Crippen LogP contribution in [0, 0.1) is 0 Å². The van der Waals surface area contributed by atoms with Crippen molar-refractivity contribution in [3.8, 4) is 5.75 Å².